The van der Waals surface area contributed by atoms with Gasteiger partial charge >= 0.3 is 0 Å². The first-order chi connectivity index (χ1) is 14.7. The highest BCUT2D eigenvalue weighted by atomic mass is 19.3. The molecule has 1 aliphatic carbocycles. The fraction of sp³-hybridized carbons (Fsp3) is 0.409. The second-order valence-corrected chi connectivity index (χ2v) is 7.94. The molecule has 1 aliphatic rings. The van der Waals surface area contributed by atoms with Gasteiger partial charge in [-0.25, -0.2) is 26.9 Å². The number of hydrogen-bond acceptors (Lipinski definition) is 3. The SMILES string of the molecule is Cc1n/c(=N\C(C)c2cccc(C(F)F)c2F)c2cc(C3(C(F)F)CC3)ncc2n1C. The Kier molecular flexibility index (Phi) is 5.31. The van der Waals surface area contributed by atoms with Gasteiger partial charge in [0.15, 0.2) is 5.49 Å². The molecule has 4 nitrogen and oxygen atoms in total. The van der Waals surface area contributed by atoms with E-state index in [1.165, 1.54) is 18.3 Å². The van der Waals surface area contributed by atoms with Crippen LogP contribution in [0.3, 0.4) is 0 Å². The van der Waals surface area contributed by atoms with Crippen LogP contribution in [0.4, 0.5) is 22.0 Å². The van der Waals surface area contributed by atoms with Gasteiger partial charge in [-0.1, -0.05) is 18.2 Å². The van der Waals surface area contributed by atoms with Gasteiger partial charge in [-0.15, -0.1) is 0 Å². The van der Waals surface area contributed by atoms with Gasteiger partial charge in [0, 0.05) is 18.0 Å². The smallest absolute Gasteiger partial charge is 0.266 e. The summed E-state index contributed by atoms with van der Waals surface area (Å²) in [7, 11) is 1.77. The van der Waals surface area contributed by atoms with Crippen molar-refractivity contribution in [1.82, 2.24) is 14.5 Å². The Bertz CT molecular complexity index is 1210. The highest BCUT2D eigenvalue weighted by Gasteiger charge is 2.53. The molecule has 0 saturated heterocycles. The zero-order valence-electron chi connectivity index (χ0n) is 17.2. The monoisotopic (exact) mass is 436 g/mol. The molecule has 4 rings (SSSR count). The average Bonchev–Trinajstić information content (AvgIpc) is 3.53. The molecule has 0 N–H and O–H groups in total. The predicted octanol–water partition coefficient (Wildman–Crippen LogP) is 5.31. The largest absolute Gasteiger partial charge is 0.331 e. The first-order valence-corrected chi connectivity index (χ1v) is 9.88. The van der Waals surface area contributed by atoms with E-state index in [2.05, 4.69) is 15.0 Å². The van der Waals surface area contributed by atoms with Crippen LogP contribution in [-0.4, -0.2) is 21.0 Å². The molecular weight excluding hydrogens is 415 g/mol. The highest BCUT2D eigenvalue weighted by molar-refractivity contribution is 5.78. The van der Waals surface area contributed by atoms with Gasteiger partial charge in [0.2, 0.25) is 6.43 Å². The Hall–Kier alpha value is -2.84. The van der Waals surface area contributed by atoms with E-state index < -0.39 is 35.7 Å². The predicted molar refractivity (Wildman–Crippen MR) is 105 cm³/mol. The number of nitrogens with zero attached hydrogens (tertiary/aromatic N) is 4. The summed E-state index contributed by atoms with van der Waals surface area (Å²) in [6.07, 6.45) is -3.26. The molecule has 1 atom stereocenters. The van der Waals surface area contributed by atoms with E-state index in [1.54, 1.807) is 31.5 Å². The lowest BCUT2D eigenvalue weighted by molar-refractivity contribution is 0.0999. The molecule has 0 amide bonds. The van der Waals surface area contributed by atoms with Crippen molar-refractivity contribution in [2.75, 3.05) is 0 Å². The summed E-state index contributed by atoms with van der Waals surface area (Å²) in [6.45, 7) is 3.32. The molecule has 164 valence electrons. The quantitative estimate of drug-likeness (QED) is 0.509. The lowest BCUT2D eigenvalue weighted by atomic mass is 10.0. The third-order valence-electron chi connectivity index (χ3n) is 6.01. The molecule has 9 heteroatoms. The Morgan fingerprint density at radius 2 is 1.81 bits per heavy atom. The summed E-state index contributed by atoms with van der Waals surface area (Å²) in [4.78, 5) is 13.2. The number of halogens is 5. The van der Waals surface area contributed by atoms with Crippen molar-refractivity contribution in [3.8, 4) is 0 Å². The number of alkyl halides is 4. The number of rotatable bonds is 5. The van der Waals surface area contributed by atoms with Gasteiger partial charge in [0.25, 0.3) is 6.43 Å². The third kappa shape index (κ3) is 3.59. The molecule has 1 unspecified atom stereocenters. The zero-order valence-corrected chi connectivity index (χ0v) is 17.2. The van der Waals surface area contributed by atoms with Gasteiger partial charge in [-0.05, 0) is 32.8 Å². The number of benzene rings is 1. The van der Waals surface area contributed by atoms with E-state index in [9.17, 15) is 22.0 Å². The van der Waals surface area contributed by atoms with Crippen molar-refractivity contribution in [2.45, 2.75) is 51.0 Å². The van der Waals surface area contributed by atoms with E-state index in [1.807, 2.05) is 0 Å². The lowest BCUT2D eigenvalue weighted by Crippen LogP contribution is -2.22. The summed E-state index contributed by atoms with van der Waals surface area (Å²) in [5, 5.41) is 0.502. The van der Waals surface area contributed by atoms with Crippen LogP contribution in [0.1, 0.15) is 54.9 Å². The second-order valence-electron chi connectivity index (χ2n) is 7.94. The minimum absolute atomic E-state index is 0.0131. The Morgan fingerprint density at radius 3 is 2.42 bits per heavy atom. The van der Waals surface area contributed by atoms with E-state index in [-0.39, 0.29) is 16.7 Å². The molecule has 1 fully saturated rings. The standard InChI is InChI=1S/C22H21F5N4/c1-11(13-5-4-6-14(18(13)23)19(24)25)29-20-15-9-17(22(7-8-22)21(26)27)28-10-16(15)31(3)12(2)30-20/h4-6,9-11,19,21H,7-8H2,1-3H3/b29-20-. The topological polar surface area (TPSA) is 43.1 Å². The zero-order chi connectivity index (χ0) is 22.5. The van der Waals surface area contributed by atoms with Crippen LogP contribution in [0, 0.1) is 12.7 Å². The van der Waals surface area contributed by atoms with E-state index in [0.717, 1.165) is 6.07 Å². The van der Waals surface area contributed by atoms with Crippen LogP contribution < -0.4 is 5.49 Å². The summed E-state index contributed by atoms with van der Waals surface area (Å²) in [6, 6.07) is 4.54. The molecule has 0 bridgehead atoms. The molecule has 3 aromatic rings. The maximum atomic E-state index is 14.6. The Balaban J connectivity index is 1.90. The molecular formula is C22H21F5N4. The molecule has 2 heterocycles. The normalized spacial score (nSPS) is 17.0. The molecule has 2 aromatic heterocycles. The highest BCUT2D eigenvalue weighted by Crippen LogP contribution is 2.52. The van der Waals surface area contributed by atoms with Crippen molar-refractivity contribution in [3.05, 3.63) is 64.4 Å². The maximum absolute atomic E-state index is 14.6. The summed E-state index contributed by atoms with van der Waals surface area (Å²) < 4.78 is 69.7. The number of hydrogen-bond donors (Lipinski definition) is 0. The van der Waals surface area contributed by atoms with Crippen LogP contribution in [0.2, 0.25) is 0 Å². The van der Waals surface area contributed by atoms with Gasteiger partial charge in [-0.3, -0.25) is 9.98 Å². The minimum atomic E-state index is -2.94. The molecule has 31 heavy (non-hydrogen) atoms. The lowest BCUT2D eigenvalue weighted by Gasteiger charge is -2.16. The van der Waals surface area contributed by atoms with Crippen LogP contribution in [0.25, 0.3) is 10.9 Å². The van der Waals surface area contributed by atoms with Gasteiger partial charge in [-0.2, -0.15) is 0 Å². The average molecular weight is 436 g/mol. The molecule has 1 aromatic carbocycles. The number of pyridine rings is 1. The Labute approximate surface area is 175 Å². The maximum Gasteiger partial charge on any atom is 0.266 e. The van der Waals surface area contributed by atoms with E-state index in [0.29, 0.717) is 29.6 Å². The fourth-order valence-electron chi connectivity index (χ4n) is 3.76. The molecule has 0 spiro atoms. The molecule has 1 saturated carbocycles. The molecule has 0 radical (unpaired) electrons. The minimum Gasteiger partial charge on any atom is -0.331 e. The number of fused-ring (bicyclic) bond motifs is 1. The number of aryl methyl sites for hydroxylation is 2. The number of aromatic nitrogens is 3. The van der Waals surface area contributed by atoms with Crippen LogP contribution in [-0.2, 0) is 12.5 Å². The third-order valence-corrected chi connectivity index (χ3v) is 6.01. The van der Waals surface area contributed by atoms with Crippen LogP contribution >= 0.6 is 0 Å². The van der Waals surface area contributed by atoms with Crippen LogP contribution in [0.15, 0.2) is 35.5 Å². The summed E-state index contributed by atoms with van der Waals surface area (Å²) in [5.41, 5.74) is -0.789. The second kappa shape index (κ2) is 7.69. The summed E-state index contributed by atoms with van der Waals surface area (Å²) in [5.74, 6) is -0.418. The van der Waals surface area contributed by atoms with Gasteiger partial charge < -0.3 is 4.57 Å². The van der Waals surface area contributed by atoms with Crippen molar-refractivity contribution in [3.63, 3.8) is 0 Å². The van der Waals surface area contributed by atoms with Crippen molar-refractivity contribution in [2.24, 2.45) is 12.0 Å². The first kappa shape index (κ1) is 21.4. The van der Waals surface area contributed by atoms with Crippen molar-refractivity contribution < 1.29 is 22.0 Å². The van der Waals surface area contributed by atoms with E-state index >= 15 is 0 Å². The van der Waals surface area contributed by atoms with E-state index in [4.69, 9.17) is 0 Å². The van der Waals surface area contributed by atoms with Crippen molar-refractivity contribution in [1.29, 1.82) is 0 Å². The first-order valence-electron chi connectivity index (χ1n) is 9.88. The summed E-state index contributed by atoms with van der Waals surface area (Å²) >= 11 is 0. The molecule has 0 aliphatic heterocycles. The van der Waals surface area contributed by atoms with Crippen LogP contribution in [0.5, 0.6) is 0 Å². The van der Waals surface area contributed by atoms with Gasteiger partial charge in [0.05, 0.1) is 34.4 Å². The van der Waals surface area contributed by atoms with Gasteiger partial charge in [0.1, 0.15) is 11.6 Å². The fourth-order valence-corrected chi connectivity index (χ4v) is 3.76. The Morgan fingerprint density at radius 1 is 1.13 bits per heavy atom. The van der Waals surface area contributed by atoms with Crippen molar-refractivity contribution >= 4 is 10.9 Å².